The van der Waals surface area contributed by atoms with Crippen molar-refractivity contribution in [1.82, 2.24) is 0 Å². The minimum atomic E-state index is 0.208. The maximum atomic E-state index is 4.01. The number of hydrogen-bond donors (Lipinski definition) is 0. The third-order valence-electron chi connectivity index (χ3n) is 3.57. The minimum Gasteiger partial charge on any atom is -0.100 e. The van der Waals surface area contributed by atoms with E-state index < -0.39 is 0 Å². The first-order valence-electron chi connectivity index (χ1n) is 7.29. The molecule has 0 aliphatic carbocycles. The van der Waals surface area contributed by atoms with Gasteiger partial charge in [0.15, 0.2) is 0 Å². The molecule has 106 valence electrons. The van der Waals surface area contributed by atoms with Crippen LogP contribution in [0.5, 0.6) is 0 Å². The molecule has 0 aliphatic rings. The molecule has 0 fully saturated rings. The highest BCUT2D eigenvalue weighted by Gasteiger charge is 2.20. The summed E-state index contributed by atoms with van der Waals surface area (Å²) in [7, 11) is 0. The van der Waals surface area contributed by atoms with Crippen molar-refractivity contribution in [3.63, 3.8) is 0 Å². The zero-order valence-electron chi connectivity index (χ0n) is 13.9. The molecule has 0 heteroatoms. The lowest BCUT2D eigenvalue weighted by molar-refractivity contribution is 0.566. The smallest absolute Gasteiger partial charge is 0.0132 e. The van der Waals surface area contributed by atoms with Crippen LogP contribution in [-0.4, -0.2) is 0 Å². The Morgan fingerprint density at radius 2 is 1.32 bits per heavy atom. The molecule has 1 aromatic rings. The second kappa shape index (κ2) is 5.53. The van der Waals surface area contributed by atoms with Crippen molar-refractivity contribution >= 4 is 0 Å². The summed E-state index contributed by atoms with van der Waals surface area (Å²) in [5.74, 6) is 0. The Hall–Kier alpha value is -1.04. The molecular weight excluding hydrogens is 228 g/mol. The van der Waals surface area contributed by atoms with Crippen molar-refractivity contribution in [2.24, 2.45) is 0 Å². The van der Waals surface area contributed by atoms with Crippen LogP contribution in [0.25, 0.3) is 0 Å². The number of aryl methyl sites for hydroxylation is 1. The van der Waals surface area contributed by atoms with Gasteiger partial charge < -0.3 is 0 Å². The topological polar surface area (TPSA) is 0 Å². The van der Waals surface area contributed by atoms with Crippen molar-refractivity contribution in [2.45, 2.75) is 72.1 Å². The summed E-state index contributed by atoms with van der Waals surface area (Å²) in [4.78, 5) is 0. The van der Waals surface area contributed by atoms with Crippen LogP contribution in [0, 0.1) is 0 Å². The number of rotatable bonds is 3. The lowest BCUT2D eigenvalue weighted by Crippen LogP contribution is -2.17. The summed E-state index contributed by atoms with van der Waals surface area (Å²) in [5.41, 5.74) is 6.01. The Labute approximate surface area is 119 Å². The SMILES string of the molecule is C=C(C)CCc1cc(C(C)(C)C)cc(C(C)(C)C)c1. The summed E-state index contributed by atoms with van der Waals surface area (Å²) in [6.07, 6.45) is 2.18. The molecule has 0 atom stereocenters. The van der Waals surface area contributed by atoms with Crippen LogP contribution in [0.1, 0.15) is 71.6 Å². The molecule has 1 rings (SSSR count). The van der Waals surface area contributed by atoms with Gasteiger partial charge in [0.25, 0.3) is 0 Å². The molecule has 0 amide bonds. The van der Waals surface area contributed by atoms with Crippen LogP contribution in [0.3, 0.4) is 0 Å². The van der Waals surface area contributed by atoms with E-state index in [0.29, 0.717) is 0 Å². The van der Waals surface area contributed by atoms with Gasteiger partial charge in [-0.3, -0.25) is 0 Å². The predicted molar refractivity (Wildman–Crippen MR) is 87.0 cm³/mol. The molecule has 0 radical (unpaired) electrons. The molecule has 0 N–H and O–H groups in total. The van der Waals surface area contributed by atoms with E-state index in [4.69, 9.17) is 0 Å². The quantitative estimate of drug-likeness (QED) is 0.602. The Bertz CT molecular complexity index is 418. The molecule has 0 bridgehead atoms. The molecule has 0 saturated heterocycles. The summed E-state index contributed by atoms with van der Waals surface area (Å²) < 4.78 is 0. The van der Waals surface area contributed by atoms with E-state index in [-0.39, 0.29) is 10.8 Å². The second-order valence-corrected chi connectivity index (χ2v) is 7.88. The first-order valence-corrected chi connectivity index (χ1v) is 7.29. The van der Waals surface area contributed by atoms with Crippen LogP contribution in [0.15, 0.2) is 30.4 Å². The van der Waals surface area contributed by atoms with Gasteiger partial charge in [-0.2, -0.15) is 0 Å². The van der Waals surface area contributed by atoms with Crippen molar-refractivity contribution in [3.8, 4) is 0 Å². The molecule has 0 unspecified atom stereocenters. The molecule has 0 aliphatic heterocycles. The third kappa shape index (κ3) is 4.86. The first-order chi connectivity index (χ1) is 8.50. The third-order valence-corrected chi connectivity index (χ3v) is 3.57. The van der Waals surface area contributed by atoms with Gasteiger partial charge in [-0.05, 0) is 47.3 Å². The van der Waals surface area contributed by atoms with E-state index in [1.165, 1.54) is 22.3 Å². The maximum Gasteiger partial charge on any atom is -0.0132 e. The summed E-state index contributed by atoms with van der Waals surface area (Å²) >= 11 is 0. The normalized spacial score (nSPS) is 12.6. The Kier molecular flexibility index (Phi) is 4.66. The van der Waals surface area contributed by atoms with E-state index in [1.807, 2.05) is 0 Å². The Balaban J connectivity index is 3.21. The number of hydrogen-bond acceptors (Lipinski definition) is 0. The van der Waals surface area contributed by atoms with E-state index in [9.17, 15) is 0 Å². The van der Waals surface area contributed by atoms with Gasteiger partial charge in [0.05, 0.1) is 0 Å². The van der Waals surface area contributed by atoms with Gasteiger partial charge in [-0.1, -0.05) is 65.3 Å². The fourth-order valence-electron chi connectivity index (χ4n) is 2.06. The van der Waals surface area contributed by atoms with Crippen LogP contribution in [0.2, 0.25) is 0 Å². The number of allylic oxidation sites excluding steroid dienone is 1. The van der Waals surface area contributed by atoms with E-state index in [1.54, 1.807) is 0 Å². The van der Waals surface area contributed by atoms with Crippen LogP contribution >= 0.6 is 0 Å². The maximum absolute atomic E-state index is 4.01. The highest BCUT2D eigenvalue weighted by Crippen LogP contribution is 2.30. The molecule has 19 heavy (non-hydrogen) atoms. The molecule has 0 aromatic heterocycles. The monoisotopic (exact) mass is 258 g/mol. The fraction of sp³-hybridized carbons (Fsp3) is 0.579. The second-order valence-electron chi connectivity index (χ2n) is 7.88. The molecule has 1 aromatic carbocycles. The number of benzene rings is 1. The highest BCUT2D eigenvalue weighted by atomic mass is 14.2. The lowest BCUT2D eigenvalue weighted by Gasteiger charge is -2.26. The Morgan fingerprint density at radius 1 is 0.895 bits per heavy atom. The fourth-order valence-corrected chi connectivity index (χ4v) is 2.06. The van der Waals surface area contributed by atoms with E-state index >= 15 is 0 Å². The average molecular weight is 258 g/mol. The average Bonchev–Trinajstić information content (AvgIpc) is 2.23. The van der Waals surface area contributed by atoms with Gasteiger partial charge in [0.1, 0.15) is 0 Å². The molecule has 0 spiro atoms. The van der Waals surface area contributed by atoms with Gasteiger partial charge in [-0.15, -0.1) is 6.58 Å². The zero-order chi connectivity index (χ0) is 14.8. The van der Waals surface area contributed by atoms with Gasteiger partial charge >= 0.3 is 0 Å². The van der Waals surface area contributed by atoms with Crippen molar-refractivity contribution < 1.29 is 0 Å². The van der Waals surface area contributed by atoms with Gasteiger partial charge in [-0.25, -0.2) is 0 Å². The van der Waals surface area contributed by atoms with Gasteiger partial charge in [0.2, 0.25) is 0 Å². The molecule has 0 nitrogen and oxygen atoms in total. The van der Waals surface area contributed by atoms with E-state index in [2.05, 4.69) is 73.2 Å². The van der Waals surface area contributed by atoms with Crippen molar-refractivity contribution in [2.75, 3.05) is 0 Å². The zero-order valence-corrected chi connectivity index (χ0v) is 13.9. The van der Waals surface area contributed by atoms with Gasteiger partial charge in [0, 0.05) is 0 Å². The van der Waals surface area contributed by atoms with E-state index in [0.717, 1.165) is 12.8 Å². The Morgan fingerprint density at radius 3 is 1.63 bits per heavy atom. The van der Waals surface area contributed by atoms with Crippen molar-refractivity contribution in [1.29, 1.82) is 0 Å². The van der Waals surface area contributed by atoms with Crippen LogP contribution in [0.4, 0.5) is 0 Å². The minimum absolute atomic E-state index is 0.208. The van der Waals surface area contributed by atoms with Crippen LogP contribution in [-0.2, 0) is 17.3 Å². The first kappa shape index (κ1) is 16.0. The largest absolute Gasteiger partial charge is 0.100 e. The lowest BCUT2D eigenvalue weighted by atomic mass is 9.79. The summed E-state index contributed by atoms with van der Waals surface area (Å²) in [5, 5.41) is 0. The van der Waals surface area contributed by atoms with Crippen molar-refractivity contribution in [3.05, 3.63) is 47.0 Å². The molecule has 0 heterocycles. The molecular formula is C19H30. The highest BCUT2D eigenvalue weighted by molar-refractivity contribution is 5.37. The summed E-state index contributed by atoms with van der Waals surface area (Å²) in [6, 6.07) is 7.13. The van der Waals surface area contributed by atoms with Crippen LogP contribution < -0.4 is 0 Å². The standard InChI is InChI=1S/C19H30/c1-14(2)9-10-15-11-16(18(3,4)5)13-17(12-15)19(6,7)8/h11-13H,1,9-10H2,2-8H3. The summed E-state index contributed by atoms with van der Waals surface area (Å²) in [6.45, 7) is 19.9. The molecule has 0 saturated carbocycles. The predicted octanol–water partition coefficient (Wildman–Crippen LogP) is 5.79.